The zero-order valence-electron chi connectivity index (χ0n) is 19.8. The molecule has 184 valence electrons. The van der Waals surface area contributed by atoms with E-state index in [9.17, 15) is 4.79 Å². The molecule has 36 heavy (non-hydrogen) atoms. The molecule has 11 nitrogen and oxygen atoms in total. The van der Waals surface area contributed by atoms with Crippen molar-refractivity contribution in [3.05, 3.63) is 54.5 Å². The molecule has 1 amide bonds. The van der Waals surface area contributed by atoms with Crippen molar-refractivity contribution in [1.29, 1.82) is 0 Å². The second-order valence-corrected chi connectivity index (χ2v) is 9.01. The zero-order valence-corrected chi connectivity index (χ0v) is 19.8. The third-order valence-electron chi connectivity index (χ3n) is 6.75. The number of carbonyl (C=O) groups is 1. The Labute approximate surface area is 207 Å². The number of carbonyl (C=O) groups excluding carboxylic acids is 1. The highest BCUT2D eigenvalue weighted by atomic mass is 16.5. The summed E-state index contributed by atoms with van der Waals surface area (Å²) in [7, 11) is 0. The molecular weight excluding hydrogens is 458 g/mol. The Kier molecular flexibility index (Phi) is 5.90. The molecule has 0 radical (unpaired) electrons. The highest BCUT2D eigenvalue weighted by Crippen LogP contribution is 2.32. The summed E-state index contributed by atoms with van der Waals surface area (Å²) in [5.41, 5.74) is 7.95. The summed E-state index contributed by atoms with van der Waals surface area (Å²) in [5.74, 6) is 1.78. The minimum atomic E-state index is 0.0128. The number of morpholine rings is 1. The maximum absolute atomic E-state index is 12.9. The van der Waals surface area contributed by atoms with Crippen LogP contribution in [0.25, 0.3) is 22.6 Å². The quantitative estimate of drug-likeness (QED) is 0.462. The van der Waals surface area contributed by atoms with Gasteiger partial charge in [0.1, 0.15) is 17.3 Å². The van der Waals surface area contributed by atoms with Crippen molar-refractivity contribution in [2.75, 3.05) is 50.0 Å². The topological polar surface area (TPSA) is 128 Å². The molecule has 6 heterocycles. The fourth-order valence-corrected chi connectivity index (χ4v) is 4.87. The van der Waals surface area contributed by atoms with E-state index in [0.29, 0.717) is 49.2 Å². The Morgan fingerprint density at radius 3 is 2.56 bits per heavy atom. The predicted octanol–water partition coefficient (Wildman–Crippen LogP) is 2.18. The Hall–Kier alpha value is -4.12. The molecule has 0 spiro atoms. The van der Waals surface area contributed by atoms with E-state index in [1.807, 2.05) is 27.9 Å². The molecular formula is C25H27N9O2. The van der Waals surface area contributed by atoms with Gasteiger partial charge in [-0.3, -0.25) is 9.78 Å². The molecule has 4 aromatic rings. The summed E-state index contributed by atoms with van der Waals surface area (Å²) in [6.07, 6.45) is 6.71. The molecule has 2 fully saturated rings. The van der Waals surface area contributed by atoms with Gasteiger partial charge in [-0.05, 0) is 37.1 Å². The van der Waals surface area contributed by atoms with Crippen LogP contribution in [0.15, 0.2) is 48.9 Å². The van der Waals surface area contributed by atoms with Gasteiger partial charge in [-0.2, -0.15) is 5.10 Å². The number of rotatable bonds is 4. The van der Waals surface area contributed by atoms with Crippen molar-refractivity contribution >= 4 is 28.6 Å². The van der Waals surface area contributed by atoms with Crippen LogP contribution >= 0.6 is 0 Å². The molecule has 0 unspecified atom stereocenters. The van der Waals surface area contributed by atoms with Crippen LogP contribution in [0.1, 0.15) is 29.2 Å². The molecule has 0 aliphatic carbocycles. The molecule has 0 aromatic carbocycles. The number of nitrogens with two attached hydrogens (primary N) is 1. The van der Waals surface area contributed by atoms with Gasteiger partial charge in [0, 0.05) is 38.6 Å². The van der Waals surface area contributed by atoms with E-state index in [1.54, 1.807) is 30.6 Å². The summed E-state index contributed by atoms with van der Waals surface area (Å²) in [6.45, 7) is 4.07. The lowest BCUT2D eigenvalue weighted by Crippen LogP contribution is -2.39. The minimum Gasteiger partial charge on any atom is -0.384 e. The average Bonchev–Trinajstić information content (AvgIpc) is 3.37. The number of likely N-dealkylation sites (tertiary alicyclic amines) is 1. The fourth-order valence-electron chi connectivity index (χ4n) is 4.87. The lowest BCUT2D eigenvalue weighted by atomic mass is 10.0. The van der Waals surface area contributed by atoms with Gasteiger partial charge in [0.25, 0.3) is 5.91 Å². The monoisotopic (exact) mass is 485 g/mol. The molecule has 0 bridgehead atoms. The van der Waals surface area contributed by atoms with Gasteiger partial charge in [0.15, 0.2) is 11.5 Å². The molecule has 2 aliphatic heterocycles. The molecule has 11 heteroatoms. The Balaban J connectivity index is 1.33. The third-order valence-corrected chi connectivity index (χ3v) is 6.75. The number of hydrogen-bond acceptors (Lipinski definition) is 9. The molecule has 2 saturated heterocycles. The highest BCUT2D eigenvalue weighted by Gasteiger charge is 2.28. The number of hydrogen-bond donors (Lipinski definition) is 1. The van der Waals surface area contributed by atoms with Crippen LogP contribution in [-0.4, -0.2) is 79.9 Å². The maximum Gasteiger partial charge on any atom is 0.255 e. The van der Waals surface area contributed by atoms with Crippen molar-refractivity contribution in [1.82, 2.24) is 34.6 Å². The first-order valence-electron chi connectivity index (χ1n) is 12.2. The largest absolute Gasteiger partial charge is 0.384 e. The number of piperidine rings is 1. The van der Waals surface area contributed by atoms with Gasteiger partial charge >= 0.3 is 0 Å². The van der Waals surface area contributed by atoms with Crippen molar-refractivity contribution < 1.29 is 9.53 Å². The minimum absolute atomic E-state index is 0.0128. The molecule has 0 saturated carbocycles. The summed E-state index contributed by atoms with van der Waals surface area (Å²) in [6, 6.07) is 9.17. The van der Waals surface area contributed by atoms with Crippen molar-refractivity contribution in [2.24, 2.45) is 0 Å². The Morgan fingerprint density at radius 2 is 1.81 bits per heavy atom. The summed E-state index contributed by atoms with van der Waals surface area (Å²) >= 11 is 0. The van der Waals surface area contributed by atoms with Gasteiger partial charge in [-0.1, -0.05) is 6.07 Å². The highest BCUT2D eigenvalue weighted by molar-refractivity contribution is 5.94. The number of ether oxygens (including phenoxy) is 1. The molecule has 6 rings (SSSR count). The first kappa shape index (κ1) is 22.4. The van der Waals surface area contributed by atoms with E-state index in [2.05, 4.69) is 14.9 Å². The number of fused-ring (bicyclic) bond motifs is 1. The average molecular weight is 486 g/mol. The van der Waals surface area contributed by atoms with Crippen LogP contribution in [0.3, 0.4) is 0 Å². The second-order valence-electron chi connectivity index (χ2n) is 9.01. The van der Waals surface area contributed by atoms with Gasteiger partial charge in [0.2, 0.25) is 0 Å². The normalized spacial score (nSPS) is 17.0. The summed E-state index contributed by atoms with van der Waals surface area (Å²) in [4.78, 5) is 35.3. The molecule has 0 atom stereocenters. The lowest BCUT2D eigenvalue weighted by molar-refractivity contribution is 0.0691. The van der Waals surface area contributed by atoms with E-state index in [-0.39, 0.29) is 11.9 Å². The number of amides is 1. The fraction of sp³-hybridized carbons (Fsp3) is 0.360. The number of aromatic nitrogens is 6. The number of nitrogens with zero attached hydrogens (tertiary/aromatic N) is 8. The second kappa shape index (κ2) is 9.50. The Morgan fingerprint density at radius 1 is 0.972 bits per heavy atom. The molecule has 4 aromatic heterocycles. The first-order valence-corrected chi connectivity index (χ1v) is 12.2. The number of anilines is 2. The van der Waals surface area contributed by atoms with Gasteiger partial charge < -0.3 is 20.3 Å². The molecule has 2 N–H and O–H groups in total. The van der Waals surface area contributed by atoms with Crippen LogP contribution < -0.4 is 10.6 Å². The van der Waals surface area contributed by atoms with E-state index < -0.39 is 0 Å². The predicted molar refractivity (Wildman–Crippen MR) is 134 cm³/mol. The van der Waals surface area contributed by atoms with Crippen LogP contribution in [0.5, 0.6) is 0 Å². The smallest absolute Gasteiger partial charge is 0.255 e. The maximum atomic E-state index is 12.9. The van der Waals surface area contributed by atoms with E-state index in [4.69, 9.17) is 25.5 Å². The van der Waals surface area contributed by atoms with Crippen LogP contribution in [0, 0.1) is 0 Å². The Bertz CT molecular complexity index is 1380. The van der Waals surface area contributed by atoms with E-state index in [0.717, 1.165) is 42.8 Å². The molecule has 2 aliphatic rings. The standard InChI is InChI=1S/C25H27N9O2/c26-21-5-1-4-20(29-21)22-30-23(32-11-13-36-14-12-32)19-16-28-34(24(19)31-22)18-6-9-33(10-7-18)25(35)17-3-2-8-27-15-17/h1-5,8,15-16,18H,6-7,9-14H2,(H2,26,29). The third kappa shape index (κ3) is 4.22. The van der Waals surface area contributed by atoms with Crippen LogP contribution in [0.2, 0.25) is 0 Å². The van der Waals surface area contributed by atoms with Gasteiger partial charge in [-0.15, -0.1) is 0 Å². The summed E-state index contributed by atoms with van der Waals surface area (Å²) in [5, 5.41) is 5.65. The lowest BCUT2D eigenvalue weighted by Gasteiger charge is -2.32. The first-order chi connectivity index (χ1) is 17.7. The zero-order chi connectivity index (χ0) is 24.5. The van der Waals surface area contributed by atoms with Gasteiger partial charge in [0.05, 0.1) is 36.4 Å². The summed E-state index contributed by atoms with van der Waals surface area (Å²) < 4.78 is 7.54. The van der Waals surface area contributed by atoms with E-state index >= 15 is 0 Å². The van der Waals surface area contributed by atoms with Crippen molar-refractivity contribution in [3.8, 4) is 11.5 Å². The SMILES string of the molecule is Nc1cccc(-c2nc(N3CCOCC3)c3cnn(C4CCN(C(=O)c5cccnc5)CC4)c3n2)n1. The number of pyridine rings is 2. The van der Waals surface area contributed by atoms with Crippen LogP contribution in [-0.2, 0) is 4.74 Å². The number of nitrogen functional groups attached to an aromatic ring is 1. The van der Waals surface area contributed by atoms with Gasteiger partial charge in [-0.25, -0.2) is 19.6 Å². The van der Waals surface area contributed by atoms with Crippen molar-refractivity contribution in [3.63, 3.8) is 0 Å². The van der Waals surface area contributed by atoms with Crippen molar-refractivity contribution in [2.45, 2.75) is 18.9 Å². The van der Waals surface area contributed by atoms with Crippen LogP contribution in [0.4, 0.5) is 11.6 Å². The van der Waals surface area contributed by atoms with E-state index in [1.165, 1.54) is 0 Å².